The summed E-state index contributed by atoms with van der Waals surface area (Å²) in [4.78, 5) is 9.12. The number of nitrogens with one attached hydrogen (secondary N) is 2. The van der Waals surface area contributed by atoms with Crippen LogP contribution in [0.15, 0.2) is 6.07 Å². The highest BCUT2D eigenvalue weighted by Crippen LogP contribution is 2.24. The van der Waals surface area contributed by atoms with Crippen LogP contribution in [0.5, 0.6) is 0 Å². The number of aryl methyl sites for hydroxylation is 1. The highest BCUT2D eigenvalue weighted by Gasteiger charge is 2.19. The van der Waals surface area contributed by atoms with Crippen molar-refractivity contribution in [1.29, 1.82) is 0 Å². The zero-order valence-corrected chi connectivity index (χ0v) is 13.2. The van der Waals surface area contributed by atoms with Crippen LogP contribution in [0, 0.1) is 5.92 Å². The molecule has 118 valence electrons. The zero-order valence-electron chi connectivity index (χ0n) is 13.2. The van der Waals surface area contributed by atoms with Crippen LogP contribution in [0.2, 0.25) is 0 Å². The molecule has 0 bridgehead atoms. The van der Waals surface area contributed by atoms with Gasteiger partial charge in [-0.1, -0.05) is 6.92 Å². The van der Waals surface area contributed by atoms with E-state index < -0.39 is 0 Å². The highest BCUT2D eigenvalue weighted by molar-refractivity contribution is 5.47. The first-order valence-corrected chi connectivity index (χ1v) is 8.25. The highest BCUT2D eigenvalue weighted by atomic mass is 16.3. The number of aromatic nitrogens is 2. The van der Waals surface area contributed by atoms with Gasteiger partial charge >= 0.3 is 0 Å². The average Bonchev–Trinajstić information content (AvgIpc) is 2.47. The Hall–Kier alpha value is -1.36. The van der Waals surface area contributed by atoms with Crippen LogP contribution in [0.1, 0.15) is 51.8 Å². The maximum Gasteiger partial charge on any atom is 0.133 e. The quantitative estimate of drug-likeness (QED) is 0.721. The van der Waals surface area contributed by atoms with Crippen molar-refractivity contribution in [2.45, 2.75) is 58.5 Å². The summed E-state index contributed by atoms with van der Waals surface area (Å²) in [6.45, 7) is 6.01. The SMILES string of the molecule is CCCc1nc(NCC)cc(NCC2CCC(O)CC2)n1. The zero-order chi connectivity index (χ0) is 15.1. The lowest BCUT2D eigenvalue weighted by Gasteiger charge is -2.25. The maximum atomic E-state index is 9.55. The fraction of sp³-hybridized carbons (Fsp3) is 0.750. The third-order valence-corrected chi connectivity index (χ3v) is 3.99. The molecular weight excluding hydrogens is 264 g/mol. The summed E-state index contributed by atoms with van der Waals surface area (Å²) in [6, 6.07) is 1.99. The van der Waals surface area contributed by atoms with Crippen molar-refractivity contribution in [3.8, 4) is 0 Å². The summed E-state index contributed by atoms with van der Waals surface area (Å²) in [6.07, 6.45) is 5.93. The third kappa shape index (κ3) is 5.16. The third-order valence-electron chi connectivity index (χ3n) is 3.99. The second-order valence-electron chi connectivity index (χ2n) is 5.89. The molecule has 5 nitrogen and oxygen atoms in total. The molecular formula is C16H28N4O. The van der Waals surface area contributed by atoms with E-state index in [2.05, 4.69) is 34.4 Å². The van der Waals surface area contributed by atoms with E-state index in [-0.39, 0.29) is 6.10 Å². The molecule has 1 aliphatic carbocycles. The van der Waals surface area contributed by atoms with Gasteiger partial charge < -0.3 is 15.7 Å². The first-order valence-electron chi connectivity index (χ1n) is 8.25. The van der Waals surface area contributed by atoms with Gasteiger partial charge in [0.05, 0.1) is 6.10 Å². The van der Waals surface area contributed by atoms with Crippen molar-refractivity contribution < 1.29 is 5.11 Å². The van der Waals surface area contributed by atoms with Gasteiger partial charge in [-0.15, -0.1) is 0 Å². The van der Waals surface area contributed by atoms with Crippen LogP contribution >= 0.6 is 0 Å². The van der Waals surface area contributed by atoms with Gasteiger partial charge in [0, 0.05) is 25.6 Å². The molecule has 1 heterocycles. The van der Waals surface area contributed by atoms with Gasteiger partial charge in [-0.25, -0.2) is 9.97 Å². The average molecular weight is 292 g/mol. The summed E-state index contributed by atoms with van der Waals surface area (Å²) in [5, 5.41) is 16.3. The Morgan fingerprint density at radius 2 is 1.76 bits per heavy atom. The molecule has 1 fully saturated rings. The Labute approximate surface area is 127 Å². The van der Waals surface area contributed by atoms with E-state index in [9.17, 15) is 5.11 Å². The molecule has 1 saturated carbocycles. The van der Waals surface area contributed by atoms with E-state index in [1.54, 1.807) is 0 Å². The molecule has 0 spiro atoms. The molecule has 0 atom stereocenters. The molecule has 1 aromatic heterocycles. The van der Waals surface area contributed by atoms with Crippen molar-refractivity contribution in [1.82, 2.24) is 9.97 Å². The lowest BCUT2D eigenvalue weighted by Crippen LogP contribution is -2.24. The summed E-state index contributed by atoms with van der Waals surface area (Å²) in [5.74, 6) is 3.35. The molecule has 0 unspecified atom stereocenters. The summed E-state index contributed by atoms with van der Waals surface area (Å²) in [5.41, 5.74) is 0. The first-order chi connectivity index (χ1) is 10.2. The van der Waals surface area contributed by atoms with Crippen molar-refractivity contribution in [2.24, 2.45) is 5.92 Å². The molecule has 0 saturated heterocycles. The standard InChI is InChI=1S/C16H28N4O/c1-3-5-14-19-15(17-4-2)10-16(20-14)18-11-12-6-8-13(21)9-7-12/h10,12-13,21H,3-9,11H2,1-2H3,(H2,17,18,19,20). The Bertz CT molecular complexity index is 406. The van der Waals surface area contributed by atoms with Crippen molar-refractivity contribution in [2.75, 3.05) is 23.7 Å². The van der Waals surface area contributed by atoms with Crippen LogP contribution in [0.25, 0.3) is 0 Å². The number of anilines is 2. The molecule has 0 amide bonds. The molecule has 5 heteroatoms. The molecule has 21 heavy (non-hydrogen) atoms. The molecule has 0 radical (unpaired) electrons. The van der Waals surface area contributed by atoms with Gasteiger partial charge in [-0.3, -0.25) is 0 Å². The summed E-state index contributed by atoms with van der Waals surface area (Å²) >= 11 is 0. The second kappa shape index (κ2) is 8.17. The number of aliphatic hydroxyl groups is 1. The Morgan fingerprint density at radius 3 is 2.38 bits per heavy atom. The first kappa shape index (κ1) is 16.0. The smallest absolute Gasteiger partial charge is 0.133 e. The van der Waals surface area contributed by atoms with Gasteiger partial charge in [0.15, 0.2) is 0 Å². The van der Waals surface area contributed by atoms with Gasteiger partial charge in [-0.2, -0.15) is 0 Å². The Morgan fingerprint density at radius 1 is 1.10 bits per heavy atom. The minimum Gasteiger partial charge on any atom is -0.393 e. The lowest BCUT2D eigenvalue weighted by molar-refractivity contribution is 0.111. The number of aliphatic hydroxyl groups excluding tert-OH is 1. The van der Waals surface area contributed by atoms with Crippen LogP contribution < -0.4 is 10.6 Å². The molecule has 1 aromatic rings. The van der Waals surface area contributed by atoms with E-state index in [0.29, 0.717) is 5.92 Å². The number of hydrogen-bond donors (Lipinski definition) is 3. The van der Waals surface area contributed by atoms with Gasteiger partial charge in [-0.05, 0) is 44.9 Å². The van der Waals surface area contributed by atoms with E-state index in [4.69, 9.17) is 0 Å². The second-order valence-corrected chi connectivity index (χ2v) is 5.89. The van der Waals surface area contributed by atoms with Crippen LogP contribution in [0.3, 0.4) is 0 Å². The topological polar surface area (TPSA) is 70.1 Å². The minimum absolute atomic E-state index is 0.0863. The van der Waals surface area contributed by atoms with E-state index in [0.717, 1.165) is 69.1 Å². The number of hydrogen-bond acceptors (Lipinski definition) is 5. The van der Waals surface area contributed by atoms with Crippen LogP contribution in [0.4, 0.5) is 11.6 Å². The monoisotopic (exact) mass is 292 g/mol. The summed E-state index contributed by atoms with van der Waals surface area (Å²) < 4.78 is 0. The van der Waals surface area contributed by atoms with Crippen molar-refractivity contribution in [3.63, 3.8) is 0 Å². The largest absolute Gasteiger partial charge is 0.393 e. The van der Waals surface area contributed by atoms with E-state index >= 15 is 0 Å². The Balaban J connectivity index is 1.94. The molecule has 3 N–H and O–H groups in total. The van der Waals surface area contributed by atoms with Crippen molar-refractivity contribution >= 4 is 11.6 Å². The van der Waals surface area contributed by atoms with Crippen LogP contribution in [-0.4, -0.2) is 34.3 Å². The number of nitrogens with zero attached hydrogens (tertiary/aromatic N) is 2. The number of rotatable bonds is 7. The fourth-order valence-corrected chi connectivity index (χ4v) is 2.79. The van der Waals surface area contributed by atoms with Gasteiger partial charge in [0.25, 0.3) is 0 Å². The van der Waals surface area contributed by atoms with Crippen molar-refractivity contribution in [3.05, 3.63) is 11.9 Å². The lowest BCUT2D eigenvalue weighted by atomic mass is 9.87. The predicted octanol–water partition coefficient (Wildman–Crippen LogP) is 2.82. The van der Waals surface area contributed by atoms with Crippen LogP contribution in [-0.2, 0) is 6.42 Å². The summed E-state index contributed by atoms with van der Waals surface area (Å²) in [7, 11) is 0. The maximum absolute atomic E-state index is 9.55. The fourth-order valence-electron chi connectivity index (χ4n) is 2.79. The molecule has 0 aliphatic heterocycles. The molecule has 0 aromatic carbocycles. The normalized spacial score (nSPS) is 22.0. The van der Waals surface area contributed by atoms with E-state index in [1.165, 1.54) is 0 Å². The Kier molecular flexibility index (Phi) is 6.23. The minimum atomic E-state index is -0.0863. The van der Waals surface area contributed by atoms with Gasteiger partial charge in [0.1, 0.15) is 17.5 Å². The van der Waals surface area contributed by atoms with Gasteiger partial charge in [0.2, 0.25) is 0 Å². The van der Waals surface area contributed by atoms with E-state index in [1.807, 2.05) is 6.07 Å². The molecule has 1 aliphatic rings. The molecule has 2 rings (SSSR count). The predicted molar refractivity (Wildman–Crippen MR) is 86.6 cm³/mol.